The summed E-state index contributed by atoms with van der Waals surface area (Å²) in [6, 6.07) is 12.0. The van der Waals surface area contributed by atoms with Gasteiger partial charge in [-0.15, -0.1) is 12.4 Å². The smallest absolute Gasteiger partial charge is 0.0544 e. The molecule has 0 amide bonds. The summed E-state index contributed by atoms with van der Waals surface area (Å²) in [7, 11) is 0. The van der Waals surface area contributed by atoms with E-state index in [-0.39, 0.29) is 12.4 Å². The van der Waals surface area contributed by atoms with E-state index >= 15 is 0 Å². The maximum absolute atomic E-state index is 6.22. The molecule has 3 rings (SSSR count). The predicted molar refractivity (Wildman–Crippen MR) is 97.4 cm³/mol. The Morgan fingerprint density at radius 1 is 1.04 bits per heavy atom. The molecule has 0 bridgehead atoms. The Labute approximate surface area is 148 Å². The van der Waals surface area contributed by atoms with E-state index < -0.39 is 0 Å². The number of hydrazone groups is 1. The zero-order chi connectivity index (χ0) is 15.2. The number of aromatic nitrogens is 1. The van der Waals surface area contributed by atoms with E-state index in [1.165, 1.54) is 5.56 Å². The average Bonchev–Trinajstić information content (AvgIpc) is 2.57. The molecule has 1 fully saturated rings. The van der Waals surface area contributed by atoms with Crippen LogP contribution in [0.2, 0.25) is 5.02 Å². The first-order valence-corrected chi connectivity index (χ1v) is 7.84. The highest BCUT2D eigenvalue weighted by Gasteiger charge is 2.16. The van der Waals surface area contributed by atoms with Gasteiger partial charge in [0.2, 0.25) is 0 Å². The lowest BCUT2D eigenvalue weighted by molar-refractivity contribution is 0.131. The van der Waals surface area contributed by atoms with Gasteiger partial charge in [0.15, 0.2) is 0 Å². The van der Waals surface area contributed by atoms with Gasteiger partial charge in [-0.05, 0) is 29.3 Å². The fraction of sp³-hybridized carbons (Fsp3) is 0.294. The largest absolute Gasteiger partial charge is 0.295 e. The van der Waals surface area contributed by atoms with Crippen molar-refractivity contribution in [3.63, 3.8) is 0 Å². The first kappa shape index (κ1) is 17.7. The van der Waals surface area contributed by atoms with Crippen molar-refractivity contribution in [3.8, 4) is 0 Å². The lowest BCUT2D eigenvalue weighted by Gasteiger charge is -2.33. The molecule has 0 aliphatic carbocycles. The second kappa shape index (κ2) is 8.87. The molecule has 4 nitrogen and oxygen atoms in total. The molecule has 1 aromatic heterocycles. The third kappa shape index (κ3) is 5.20. The molecular formula is C17H20Cl2N4. The summed E-state index contributed by atoms with van der Waals surface area (Å²) >= 11 is 6.22. The van der Waals surface area contributed by atoms with E-state index in [0.29, 0.717) is 0 Å². The molecule has 0 radical (unpaired) electrons. The molecule has 1 aliphatic rings. The number of piperazine rings is 1. The van der Waals surface area contributed by atoms with E-state index in [1.54, 1.807) is 12.4 Å². The van der Waals surface area contributed by atoms with E-state index in [9.17, 15) is 0 Å². The number of benzene rings is 1. The van der Waals surface area contributed by atoms with Gasteiger partial charge in [0.05, 0.1) is 6.21 Å². The zero-order valence-electron chi connectivity index (χ0n) is 12.8. The average molecular weight is 351 g/mol. The highest BCUT2D eigenvalue weighted by atomic mass is 35.5. The van der Waals surface area contributed by atoms with Crippen molar-refractivity contribution in [3.05, 3.63) is 64.9 Å². The van der Waals surface area contributed by atoms with Gasteiger partial charge in [0.25, 0.3) is 0 Å². The van der Waals surface area contributed by atoms with Gasteiger partial charge >= 0.3 is 0 Å². The summed E-state index contributed by atoms with van der Waals surface area (Å²) in [6.07, 6.45) is 5.46. The normalized spacial score (nSPS) is 15.6. The topological polar surface area (TPSA) is 31.7 Å². The van der Waals surface area contributed by atoms with E-state index in [2.05, 4.69) is 26.1 Å². The van der Waals surface area contributed by atoms with Crippen LogP contribution in [-0.2, 0) is 6.54 Å². The van der Waals surface area contributed by atoms with Gasteiger partial charge in [-0.2, -0.15) is 5.10 Å². The van der Waals surface area contributed by atoms with Gasteiger partial charge in [0, 0.05) is 50.1 Å². The highest BCUT2D eigenvalue weighted by Crippen LogP contribution is 2.17. The Kier molecular flexibility index (Phi) is 6.84. The van der Waals surface area contributed by atoms with Crippen LogP contribution in [0.1, 0.15) is 11.1 Å². The minimum atomic E-state index is 0. The van der Waals surface area contributed by atoms with Crippen LogP contribution in [0.4, 0.5) is 0 Å². The number of rotatable bonds is 4. The van der Waals surface area contributed by atoms with Crippen LogP contribution >= 0.6 is 24.0 Å². The molecular weight excluding hydrogens is 331 g/mol. The van der Waals surface area contributed by atoms with Crippen molar-refractivity contribution in [2.75, 3.05) is 26.2 Å². The lowest BCUT2D eigenvalue weighted by Crippen LogP contribution is -2.43. The predicted octanol–water partition coefficient (Wildman–Crippen LogP) is 3.31. The summed E-state index contributed by atoms with van der Waals surface area (Å²) in [5.41, 5.74) is 2.27. The molecule has 0 atom stereocenters. The van der Waals surface area contributed by atoms with Gasteiger partial charge in [-0.3, -0.25) is 14.9 Å². The van der Waals surface area contributed by atoms with Crippen LogP contribution in [-0.4, -0.2) is 47.3 Å². The van der Waals surface area contributed by atoms with E-state index in [1.807, 2.05) is 36.5 Å². The second-order valence-corrected chi connectivity index (χ2v) is 5.75. The standard InChI is InChI=1S/C17H19ClN4.ClH/c18-17-4-2-1-3-16(17)14-21-9-11-22(12-10-21)20-13-15-5-7-19-8-6-15;/h1-8,13H,9-12,14H2;1H. The first-order chi connectivity index (χ1) is 10.8. The van der Waals surface area contributed by atoms with Gasteiger partial charge in [-0.25, -0.2) is 0 Å². The summed E-state index contributed by atoms with van der Waals surface area (Å²) in [5, 5.41) is 7.50. The Balaban J connectivity index is 0.00000192. The van der Waals surface area contributed by atoms with Crippen LogP contribution in [0, 0.1) is 0 Å². The quantitative estimate of drug-likeness (QED) is 0.792. The van der Waals surface area contributed by atoms with Crippen molar-refractivity contribution < 1.29 is 0 Å². The molecule has 2 aromatic rings. The zero-order valence-corrected chi connectivity index (χ0v) is 14.4. The van der Waals surface area contributed by atoms with Crippen LogP contribution in [0.3, 0.4) is 0 Å². The van der Waals surface area contributed by atoms with Crippen LogP contribution < -0.4 is 0 Å². The molecule has 0 spiro atoms. The van der Waals surface area contributed by atoms with Crippen molar-refractivity contribution in [1.29, 1.82) is 0 Å². The SMILES string of the molecule is Cl.Clc1ccccc1CN1CCN(N=Cc2ccncc2)CC1. The number of nitrogens with zero attached hydrogens (tertiary/aromatic N) is 4. The second-order valence-electron chi connectivity index (χ2n) is 5.35. The minimum absolute atomic E-state index is 0. The molecule has 1 aliphatic heterocycles. The summed E-state index contributed by atoms with van der Waals surface area (Å²) < 4.78 is 0. The summed E-state index contributed by atoms with van der Waals surface area (Å²) in [4.78, 5) is 6.42. The van der Waals surface area contributed by atoms with Crippen LogP contribution in [0.25, 0.3) is 0 Å². The Morgan fingerprint density at radius 3 is 2.43 bits per heavy atom. The lowest BCUT2D eigenvalue weighted by atomic mass is 10.2. The van der Waals surface area contributed by atoms with Crippen molar-refractivity contribution in [1.82, 2.24) is 14.9 Å². The van der Waals surface area contributed by atoms with Gasteiger partial charge < -0.3 is 0 Å². The third-order valence-electron chi connectivity index (χ3n) is 3.78. The molecule has 0 N–H and O–H groups in total. The molecule has 0 saturated carbocycles. The number of hydrogen-bond acceptors (Lipinski definition) is 4. The fourth-order valence-electron chi connectivity index (χ4n) is 2.48. The van der Waals surface area contributed by atoms with Crippen molar-refractivity contribution >= 4 is 30.2 Å². The number of halogens is 2. The molecule has 23 heavy (non-hydrogen) atoms. The molecule has 6 heteroatoms. The van der Waals surface area contributed by atoms with Crippen LogP contribution in [0.15, 0.2) is 53.9 Å². The summed E-state index contributed by atoms with van der Waals surface area (Å²) in [5.74, 6) is 0. The third-order valence-corrected chi connectivity index (χ3v) is 4.15. The molecule has 0 unspecified atom stereocenters. The molecule has 1 saturated heterocycles. The van der Waals surface area contributed by atoms with Gasteiger partial charge in [0.1, 0.15) is 0 Å². The van der Waals surface area contributed by atoms with Crippen LogP contribution in [0.5, 0.6) is 0 Å². The molecule has 1 aromatic carbocycles. The molecule has 2 heterocycles. The van der Waals surface area contributed by atoms with Crippen molar-refractivity contribution in [2.24, 2.45) is 5.10 Å². The first-order valence-electron chi connectivity index (χ1n) is 7.46. The highest BCUT2D eigenvalue weighted by molar-refractivity contribution is 6.31. The monoisotopic (exact) mass is 350 g/mol. The van der Waals surface area contributed by atoms with E-state index in [4.69, 9.17) is 11.6 Å². The summed E-state index contributed by atoms with van der Waals surface area (Å²) in [6.45, 7) is 4.78. The number of pyridine rings is 1. The Hall–Kier alpha value is -1.62. The number of hydrogen-bond donors (Lipinski definition) is 0. The minimum Gasteiger partial charge on any atom is -0.295 e. The Morgan fingerprint density at radius 2 is 1.74 bits per heavy atom. The van der Waals surface area contributed by atoms with Crippen molar-refractivity contribution in [2.45, 2.75) is 6.54 Å². The van der Waals surface area contributed by atoms with Gasteiger partial charge in [-0.1, -0.05) is 29.8 Å². The fourth-order valence-corrected chi connectivity index (χ4v) is 2.67. The maximum Gasteiger partial charge on any atom is 0.0544 e. The molecule has 122 valence electrons. The Bertz CT molecular complexity index is 626. The van der Waals surface area contributed by atoms with E-state index in [0.717, 1.165) is 43.3 Å². The maximum atomic E-state index is 6.22.